The van der Waals surface area contributed by atoms with Crippen LogP contribution in [0.25, 0.3) is 0 Å². The number of ether oxygens (including phenoxy) is 2. The summed E-state index contributed by atoms with van der Waals surface area (Å²) >= 11 is 0. The van der Waals surface area contributed by atoms with Gasteiger partial charge in [0.2, 0.25) is 0 Å². The third-order valence-electron chi connectivity index (χ3n) is 2.13. The molecule has 0 aliphatic heterocycles. The first-order valence-electron chi connectivity index (χ1n) is 5.29. The number of hydrogen-bond acceptors (Lipinski definition) is 3. The van der Waals surface area contributed by atoms with E-state index in [0.717, 1.165) is 11.5 Å². The zero-order valence-corrected chi connectivity index (χ0v) is 9.62. The zero-order chi connectivity index (χ0) is 11.1. The van der Waals surface area contributed by atoms with Gasteiger partial charge in [-0.1, -0.05) is 0 Å². The molecule has 0 aliphatic carbocycles. The van der Waals surface area contributed by atoms with Gasteiger partial charge in [-0.05, 0) is 45.2 Å². The van der Waals surface area contributed by atoms with Gasteiger partial charge in [-0.15, -0.1) is 0 Å². The van der Waals surface area contributed by atoms with E-state index in [9.17, 15) is 0 Å². The molecule has 0 saturated heterocycles. The average molecular weight is 209 g/mol. The van der Waals surface area contributed by atoms with Crippen LogP contribution in [0.2, 0.25) is 0 Å². The number of benzene rings is 1. The van der Waals surface area contributed by atoms with Crippen LogP contribution in [0.15, 0.2) is 24.3 Å². The summed E-state index contributed by atoms with van der Waals surface area (Å²) in [5, 5.41) is 3.12. The molecule has 0 aliphatic rings. The Labute approximate surface area is 91.4 Å². The van der Waals surface area contributed by atoms with E-state index in [4.69, 9.17) is 9.47 Å². The quantitative estimate of drug-likeness (QED) is 0.778. The fourth-order valence-corrected chi connectivity index (χ4v) is 1.10. The maximum Gasteiger partial charge on any atom is 0.119 e. The molecular formula is C12H19NO2. The van der Waals surface area contributed by atoms with Crippen LogP contribution in [0.5, 0.6) is 11.5 Å². The molecule has 1 aromatic rings. The Morgan fingerprint density at radius 2 is 1.67 bits per heavy atom. The fourth-order valence-electron chi connectivity index (χ4n) is 1.10. The summed E-state index contributed by atoms with van der Waals surface area (Å²) in [6.07, 6.45) is 0. The molecule has 1 rings (SSSR count). The second-order valence-electron chi connectivity index (χ2n) is 3.41. The highest BCUT2D eigenvalue weighted by Crippen LogP contribution is 2.17. The number of hydrogen-bond donors (Lipinski definition) is 1. The standard InChI is InChI=1S/C12H19NO2/c1-4-14-11-5-7-12(8-6-11)15-9-10(2)13-3/h5-8,10,13H,4,9H2,1-3H3. The topological polar surface area (TPSA) is 30.5 Å². The van der Waals surface area contributed by atoms with Crippen molar-refractivity contribution >= 4 is 0 Å². The third-order valence-corrected chi connectivity index (χ3v) is 2.13. The highest BCUT2D eigenvalue weighted by atomic mass is 16.5. The summed E-state index contributed by atoms with van der Waals surface area (Å²) in [6, 6.07) is 8.04. The van der Waals surface area contributed by atoms with E-state index in [1.807, 2.05) is 38.2 Å². The lowest BCUT2D eigenvalue weighted by atomic mass is 10.3. The predicted octanol–water partition coefficient (Wildman–Crippen LogP) is 2.07. The Kier molecular flexibility index (Phi) is 4.98. The molecule has 1 unspecified atom stereocenters. The number of rotatable bonds is 6. The van der Waals surface area contributed by atoms with Gasteiger partial charge in [-0.25, -0.2) is 0 Å². The number of nitrogens with one attached hydrogen (secondary N) is 1. The molecule has 0 aromatic heterocycles. The fraction of sp³-hybridized carbons (Fsp3) is 0.500. The molecule has 3 heteroatoms. The first kappa shape index (κ1) is 11.9. The minimum absolute atomic E-state index is 0.358. The van der Waals surface area contributed by atoms with E-state index in [1.54, 1.807) is 0 Å². The van der Waals surface area contributed by atoms with E-state index in [0.29, 0.717) is 19.3 Å². The molecule has 0 heterocycles. The summed E-state index contributed by atoms with van der Waals surface area (Å²) in [5.41, 5.74) is 0. The van der Waals surface area contributed by atoms with Gasteiger partial charge in [0.25, 0.3) is 0 Å². The van der Waals surface area contributed by atoms with Crippen molar-refractivity contribution in [2.75, 3.05) is 20.3 Å². The Balaban J connectivity index is 2.42. The SMILES string of the molecule is CCOc1ccc(OCC(C)NC)cc1. The molecule has 0 amide bonds. The van der Waals surface area contributed by atoms with Crippen molar-refractivity contribution in [3.05, 3.63) is 24.3 Å². The van der Waals surface area contributed by atoms with Gasteiger partial charge < -0.3 is 14.8 Å². The van der Waals surface area contributed by atoms with Gasteiger partial charge in [-0.3, -0.25) is 0 Å². The van der Waals surface area contributed by atoms with Crippen molar-refractivity contribution < 1.29 is 9.47 Å². The van der Waals surface area contributed by atoms with Crippen LogP contribution in [0, 0.1) is 0 Å². The highest BCUT2D eigenvalue weighted by molar-refractivity contribution is 5.31. The molecule has 84 valence electrons. The summed E-state index contributed by atoms with van der Waals surface area (Å²) in [4.78, 5) is 0. The normalized spacial score (nSPS) is 12.2. The Hall–Kier alpha value is -1.22. The van der Waals surface area contributed by atoms with Crippen molar-refractivity contribution in [2.45, 2.75) is 19.9 Å². The van der Waals surface area contributed by atoms with Crippen LogP contribution in [0.1, 0.15) is 13.8 Å². The van der Waals surface area contributed by atoms with Gasteiger partial charge in [0.1, 0.15) is 18.1 Å². The molecule has 3 nitrogen and oxygen atoms in total. The Bertz CT molecular complexity index is 271. The maximum atomic E-state index is 5.57. The zero-order valence-electron chi connectivity index (χ0n) is 9.62. The second-order valence-corrected chi connectivity index (χ2v) is 3.41. The van der Waals surface area contributed by atoms with Crippen LogP contribution in [-0.2, 0) is 0 Å². The first-order chi connectivity index (χ1) is 7.26. The predicted molar refractivity (Wildman–Crippen MR) is 61.6 cm³/mol. The van der Waals surface area contributed by atoms with Crippen molar-refractivity contribution in [3.63, 3.8) is 0 Å². The lowest BCUT2D eigenvalue weighted by molar-refractivity contribution is 0.279. The van der Waals surface area contributed by atoms with Crippen LogP contribution in [0.3, 0.4) is 0 Å². The number of likely N-dealkylation sites (N-methyl/N-ethyl adjacent to an activating group) is 1. The van der Waals surface area contributed by atoms with E-state index in [2.05, 4.69) is 12.2 Å². The van der Waals surface area contributed by atoms with Crippen LogP contribution in [0.4, 0.5) is 0 Å². The molecule has 0 fully saturated rings. The first-order valence-corrected chi connectivity index (χ1v) is 5.29. The maximum absolute atomic E-state index is 5.57. The molecule has 0 spiro atoms. The monoisotopic (exact) mass is 209 g/mol. The van der Waals surface area contributed by atoms with E-state index in [-0.39, 0.29) is 0 Å². The van der Waals surface area contributed by atoms with Crippen LogP contribution < -0.4 is 14.8 Å². The molecule has 15 heavy (non-hydrogen) atoms. The summed E-state index contributed by atoms with van der Waals surface area (Å²) < 4.78 is 10.9. The van der Waals surface area contributed by atoms with Crippen molar-refractivity contribution in [3.8, 4) is 11.5 Å². The average Bonchev–Trinajstić information content (AvgIpc) is 2.28. The van der Waals surface area contributed by atoms with Crippen LogP contribution >= 0.6 is 0 Å². The summed E-state index contributed by atoms with van der Waals surface area (Å²) in [5.74, 6) is 1.76. The van der Waals surface area contributed by atoms with E-state index in [1.165, 1.54) is 0 Å². The van der Waals surface area contributed by atoms with Gasteiger partial charge in [0.15, 0.2) is 0 Å². The largest absolute Gasteiger partial charge is 0.494 e. The highest BCUT2D eigenvalue weighted by Gasteiger charge is 1.99. The molecule has 0 radical (unpaired) electrons. The van der Waals surface area contributed by atoms with Gasteiger partial charge in [0.05, 0.1) is 6.61 Å². The van der Waals surface area contributed by atoms with Gasteiger partial charge >= 0.3 is 0 Å². The summed E-state index contributed by atoms with van der Waals surface area (Å²) in [7, 11) is 1.92. The molecule has 0 bridgehead atoms. The smallest absolute Gasteiger partial charge is 0.119 e. The molecule has 1 N–H and O–H groups in total. The van der Waals surface area contributed by atoms with E-state index < -0.39 is 0 Å². The third kappa shape index (κ3) is 4.21. The molecule has 1 atom stereocenters. The molecular weight excluding hydrogens is 190 g/mol. The Morgan fingerprint density at radius 3 is 2.13 bits per heavy atom. The molecule has 0 saturated carbocycles. The van der Waals surface area contributed by atoms with Gasteiger partial charge in [-0.2, -0.15) is 0 Å². The minimum Gasteiger partial charge on any atom is -0.494 e. The van der Waals surface area contributed by atoms with Crippen molar-refractivity contribution in [1.29, 1.82) is 0 Å². The minimum atomic E-state index is 0.358. The van der Waals surface area contributed by atoms with Gasteiger partial charge in [0, 0.05) is 6.04 Å². The van der Waals surface area contributed by atoms with E-state index >= 15 is 0 Å². The molecule has 1 aromatic carbocycles. The van der Waals surface area contributed by atoms with Crippen molar-refractivity contribution in [2.24, 2.45) is 0 Å². The van der Waals surface area contributed by atoms with Crippen LogP contribution in [-0.4, -0.2) is 26.3 Å². The lowest BCUT2D eigenvalue weighted by Gasteiger charge is -2.12. The summed E-state index contributed by atoms with van der Waals surface area (Å²) in [6.45, 7) is 5.41. The Morgan fingerprint density at radius 1 is 1.13 bits per heavy atom. The lowest BCUT2D eigenvalue weighted by Crippen LogP contribution is -2.28. The van der Waals surface area contributed by atoms with Crippen molar-refractivity contribution in [1.82, 2.24) is 5.32 Å². The second kappa shape index (κ2) is 6.30.